The van der Waals surface area contributed by atoms with Gasteiger partial charge < -0.3 is 24.1 Å². The van der Waals surface area contributed by atoms with Gasteiger partial charge in [-0.1, -0.05) is 114 Å². The van der Waals surface area contributed by atoms with Gasteiger partial charge in [0.1, 0.15) is 18.3 Å². The molecule has 0 unspecified atom stereocenters. The predicted octanol–water partition coefficient (Wildman–Crippen LogP) is 4.89. The van der Waals surface area contributed by atoms with E-state index in [2.05, 4.69) is 22.6 Å². The Morgan fingerprint density at radius 2 is 1.27 bits per heavy atom. The molecule has 174 valence electrons. The molecule has 0 saturated carbocycles. The Labute approximate surface area is 208 Å². The number of aliphatic hydroxyl groups is 1. The molecule has 1 fully saturated rings. The van der Waals surface area contributed by atoms with Crippen LogP contribution in [0.4, 0.5) is 0 Å². The largest absolute Gasteiger partial charge is 0.374 e. The summed E-state index contributed by atoms with van der Waals surface area (Å²) in [5, 5.41) is 10.5. The summed E-state index contributed by atoms with van der Waals surface area (Å²) in [4.78, 5) is 0. The average Bonchev–Trinajstić information content (AvgIpc) is 3.15. The third-order valence-corrected chi connectivity index (χ3v) is 6.88. The van der Waals surface area contributed by atoms with E-state index in [1.165, 1.54) is 0 Å². The van der Waals surface area contributed by atoms with Gasteiger partial charge in [0.05, 0.1) is 30.4 Å². The lowest BCUT2D eigenvalue weighted by atomic mass is 10.1. The quantitative estimate of drug-likeness (QED) is 0.267. The molecule has 6 heteroatoms. The van der Waals surface area contributed by atoms with Crippen LogP contribution in [0.1, 0.15) is 16.7 Å². The fourth-order valence-corrected chi connectivity index (χ4v) is 4.58. The lowest BCUT2D eigenvalue weighted by Gasteiger charge is -2.28. The third-order valence-electron chi connectivity index (χ3n) is 5.56. The van der Waals surface area contributed by atoms with Gasteiger partial charge >= 0.3 is 0 Å². The minimum absolute atomic E-state index is 0.215. The summed E-state index contributed by atoms with van der Waals surface area (Å²) in [5.74, 6) is 0. The van der Waals surface area contributed by atoms with Gasteiger partial charge in [-0.25, -0.2) is 0 Å². The molecule has 1 saturated heterocycles. The molecule has 4 rings (SSSR count). The molecule has 0 aromatic heterocycles. The number of hydrogen-bond donors (Lipinski definition) is 1. The number of ether oxygens (including phenoxy) is 4. The molecular formula is C27H29IO5. The minimum Gasteiger partial charge on any atom is -0.374 e. The van der Waals surface area contributed by atoms with Crippen molar-refractivity contribution in [3.63, 3.8) is 0 Å². The summed E-state index contributed by atoms with van der Waals surface area (Å²) in [6.07, 6.45) is -2.11. The average molecular weight is 560 g/mol. The monoisotopic (exact) mass is 560 g/mol. The highest BCUT2D eigenvalue weighted by Gasteiger charge is 2.47. The molecule has 33 heavy (non-hydrogen) atoms. The summed E-state index contributed by atoms with van der Waals surface area (Å²) < 4.78 is 24.3. The van der Waals surface area contributed by atoms with E-state index in [-0.39, 0.29) is 10.0 Å². The first-order valence-electron chi connectivity index (χ1n) is 11.1. The van der Waals surface area contributed by atoms with Crippen LogP contribution in [0.15, 0.2) is 91.0 Å². The fourth-order valence-electron chi connectivity index (χ4n) is 3.79. The number of rotatable bonds is 11. The van der Waals surface area contributed by atoms with Crippen molar-refractivity contribution in [3.8, 4) is 0 Å². The van der Waals surface area contributed by atoms with Crippen molar-refractivity contribution < 1.29 is 24.1 Å². The zero-order chi connectivity index (χ0) is 22.9. The fraction of sp³-hybridized carbons (Fsp3) is 0.333. The highest BCUT2D eigenvalue weighted by atomic mass is 127. The Balaban J connectivity index is 1.44. The SMILES string of the molecule is O[C@@H]1O[C@H]([C@@H](COCc2ccccc2)OCc2ccccc2)[C@H](OCc2ccccc2)[C@@H]1I. The molecule has 1 aliphatic rings. The van der Waals surface area contributed by atoms with E-state index in [4.69, 9.17) is 18.9 Å². The van der Waals surface area contributed by atoms with Crippen molar-refractivity contribution in [2.45, 2.75) is 48.3 Å². The first-order valence-corrected chi connectivity index (χ1v) is 12.4. The molecule has 3 aromatic rings. The standard InChI is InChI=1S/C27H29IO5/c28-24-26(32-18-22-14-8-3-9-15-22)25(33-27(24)29)23(31-17-21-12-6-2-7-13-21)19-30-16-20-10-4-1-5-11-20/h1-15,23-27,29H,16-19H2/t23-,24+,25-,26-,27-/m1/s1. The third kappa shape index (κ3) is 7.09. The van der Waals surface area contributed by atoms with E-state index < -0.39 is 18.5 Å². The summed E-state index contributed by atoms with van der Waals surface area (Å²) in [7, 11) is 0. The Bertz CT molecular complexity index is 941. The van der Waals surface area contributed by atoms with Gasteiger partial charge in [-0.05, 0) is 16.7 Å². The van der Waals surface area contributed by atoms with Crippen LogP contribution in [0.3, 0.4) is 0 Å². The highest BCUT2D eigenvalue weighted by Crippen LogP contribution is 2.33. The Kier molecular flexibility index (Phi) is 9.28. The number of alkyl halides is 1. The van der Waals surface area contributed by atoms with E-state index in [1.54, 1.807) is 0 Å². The molecule has 3 aromatic carbocycles. The molecule has 0 bridgehead atoms. The summed E-state index contributed by atoms with van der Waals surface area (Å²) in [5.41, 5.74) is 3.23. The van der Waals surface area contributed by atoms with E-state index >= 15 is 0 Å². The maximum absolute atomic E-state index is 10.5. The van der Waals surface area contributed by atoms with Crippen LogP contribution in [0.25, 0.3) is 0 Å². The Morgan fingerprint density at radius 1 is 0.758 bits per heavy atom. The van der Waals surface area contributed by atoms with Crippen molar-refractivity contribution in [3.05, 3.63) is 108 Å². The normalized spacial score (nSPS) is 23.5. The molecule has 0 radical (unpaired) electrons. The van der Waals surface area contributed by atoms with Crippen LogP contribution in [-0.4, -0.2) is 40.2 Å². The summed E-state index contributed by atoms with van der Waals surface area (Å²) in [6.45, 7) is 1.67. The van der Waals surface area contributed by atoms with Crippen molar-refractivity contribution in [2.75, 3.05) is 6.61 Å². The van der Waals surface area contributed by atoms with Gasteiger partial charge in [-0.3, -0.25) is 0 Å². The maximum Gasteiger partial charge on any atom is 0.169 e. The number of aliphatic hydroxyl groups excluding tert-OH is 1. The molecule has 0 amide bonds. The Hall–Kier alpha value is -1.81. The molecular weight excluding hydrogens is 531 g/mol. The lowest BCUT2D eigenvalue weighted by Crippen LogP contribution is -2.43. The number of hydrogen-bond acceptors (Lipinski definition) is 5. The molecule has 1 heterocycles. The zero-order valence-corrected chi connectivity index (χ0v) is 20.5. The first kappa shape index (κ1) is 24.3. The van der Waals surface area contributed by atoms with E-state index in [1.807, 2.05) is 91.0 Å². The number of halogens is 1. The van der Waals surface area contributed by atoms with Crippen LogP contribution >= 0.6 is 22.6 Å². The molecule has 1 N–H and O–H groups in total. The second kappa shape index (κ2) is 12.6. The van der Waals surface area contributed by atoms with Crippen molar-refractivity contribution >= 4 is 22.6 Å². The smallest absolute Gasteiger partial charge is 0.169 e. The van der Waals surface area contributed by atoms with Crippen LogP contribution in [0, 0.1) is 0 Å². The first-order chi connectivity index (χ1) is 16.2. The molecule has 5 atom stereocenters. The van der Waals surface area contributed by atoms with Gasteiger partial charge in [0, 0.05) is 0 Å². The highest BCUT2D eigenvalue weighted by molar-refractivity contribution is 14.1. The predicted molar refractivity (Wildman–Crippen MR) is 135 cm³/mol. The minimum atomic E-state index is -0.923. The van der Waals surface area contributed by atoms with Gasteiger partial charge in [0.15, 0.2) is 6.29 Å². The van der Waals surface area contributed by atoms with Crippen molar-refractivity contribution in [1.82, 2.24) is 0 Å². The van der Waals surface area contributed by atoms with Gasteiger partial charge in [-0.2, -0.15) is 0 Å². The maximum atomic E-state index is 10.5. The van der Waals surface area contributed by atoms with E-state index in [0.717, 1.165) is 16.7 Å². The van der Waals surface area contributed by atoms with E-state index in [9.17, 15) is 5.11 Å². The molecule has 5 nitrogen and oxygen atoms in total. The molecule has 1 aliphatic heterocycles. The van der Waals surface area contributed by atoms with E-state index in [0.29, 0.717) is 26.4 Å². The Morgan fingerprint density at radius 3 is 1.85 bits per heavy atom. The topological polar surface area (TPSA) is 57.2 Å². The zero-order valence-electron chi connectivity index (χ0n) is 18.3. The lowest BCUT2D eigenvalue weighted by molar-refractivity contribution is -0.166. The van der Waals surface area contributed by atoms with Crippen LogP contribution in [-0.2, 0) is 38.8 Å². The summed E-state index contributed by atoms with van der Waals surface area (Å²) >= 11 is 2.20. The molecule has 0 aliphatic carbocycles. The van der Waals surface area contributed by atoms with Gasteiger partial charge in [0.2, 0.25) is 0 Å². The van der Waals surface area contributed by atoms with Crippen molar-refractivity contribution in [2.24, 2.45) is 0 Å². The van der Waals surface area contributed by atoms with Crippen LogP contribution in [0.2, 0.25) is 0 Å². The summed E-state index contributed by atoms with van der Waals surface area (Å²) in [6, 6.07) is 30.0. The number of benzene rings is 3. The van der Waals surface area contributed by atoms with Crippen molar-refractivity contribution in [1.29, 1.82) is 0 Å². The van der Waals surface area contributed by atoms with Crippen LogP contribution in [0.5, 0.6) is 0 Å². The van der Waals surface area contributed by atoms with Crippen LogP contribution < -0.4 is 0 Å². The van der Waals surface area contributed by atoms with Gasteiger partial charge in [-0.15, -0.1) is 0 Å². The second-order valence-electron chi connectivity index (χ2n) is 8.03. The van der Waals surface area contributed by atoms with Gasteiger partial charge in [0.25, 0.3) is 0 Å². The second-order valence-corrected chi connectivity index (χ2v) is 9.47. The molecule has 0 spiro atoms.